The van der Waals surface area contributed by atoms with E-state index < -0.39 is 0 Å². The van der Waals surface area contributed by atoms with Crippen LogP contribution in [0.25, 0.3) is 0 Å². The lowest BCUT2D eigenvalue weighted by Gasteiger charge is -2.26. The first-order valence-electron chi connectivity index (χ1n) is 6.73. The van der Waals surface area contributed by atoms with Crippen LogP contribution in [0.3, 0.4) is 0 Å². The number of nitrogens with zero attached hydrogens (tertiary/aromatic N) is 2. The van der Waals surface area contributed by atoms with E-state index in [2.05, 4.69) is 15.5 Å². The molecule has 1 amide bonds. The average Bonchev–Trinajstić information content (AvgIpc) is 2.42. The van der Waals surface area contributed by atoms with E-state index in [4.69, 9.17) is 10.5 Å². The third-order valence-corrected chi connectivity index (χ3v) is 3.22. The molecule has 0 aromatic carbocycles. The third-order valence-electron chi connectivity index (χ3n) is 3.22. The molecule has 0 radical (unpaired) electrons. The summed E-state index contributed by atoms with van der Waals surface area (Å²) in [5.41, 5.74) is 6.15. The molecule has 1 aromatic rings. The summed E-state index contributed by atoms with van der Waals surface area (Å²) >= 11 is 0. The van der Waals surface area contributed by atoms with Gasteiger partial charge in [-0.15, -0.1) is 10.2 Å². The second-order valence-corrected chi connectivity index (χ2v) is 4.77. The predicted octanol–water partition coefficient (Wildman–Crippen LogP) is 0.875. The quantitative estimate of drug-likeness (QED) is 0.842. The highest BCUT2D eigenvalue weighted by atomic mass is 16.5. The number of carbonyl (C=O) groups is 1. The van der Waals surface area contributed by atoms with Crippen molar-refractivity contribution in [1.82, 2.24) is 15.5 Å². The number of rotatable bonds is 4. The van der Waals surface area contributed by atoms with Crippen molar-refractivity contribution in [3.8, 4) is 5.88 Å². The van der Waals surface area contributed by atoms with Gasteiger partial charge in [-0.3, -0.25) is 4.79 Å². The van der Waals surface area contributed by atoms with Crippen molar-refractivity contribution < 1.29 is 9.53 Å². The van der Waals surface area contributed by atoms with E-state index in [9.17, 15) is 4.79 Å². The van der Waals surface area contributed by atoms with Gasteiger partial charge < -0.3 is 15.8 Å². The van der Waals surface area contributed by atoms with E-state index >= 15 is 0 Å². The van der Waals surface area contributed by atoms with E-state index in [-0.39, 0.29) is 12.0 Å². The minimum atomic E-state index is -0.217. The fourth-order valence-electron chi connectivity index (χ4n) is 2.13. The Bertz CT molecular complexity index is 413. The molecule has 0 spiro atoms. The van der Waals surface area contributed by atoms with Gasteiger partial charge in [0.05, 0.1) is 0 Å². The Morgan fingerprint density at radius 3 is 2.68 bits per heavy atom. The fraction of sp³-hybridized carbons (Fsp3) is 0.615. The molecule has 3 N–H and O–H groups in total. The molecule has 0 aliphatic heterocycles. The van der Waals surface area contributed by atoms with Crippen molar-refractivity contribution in [1.29, 1.82) is 0 Å². The largest absolute Gasteiger partial charge is 0.473 e. The number of hydrogen-bond acceptors (Lipinski definition) is 5. The zero-order valence-corrected chi connectivity index (χ0v) is 11.1. The smallest absolute Gasteiger partial charge is 0.271 e. The van der Waals surface area contributed by atoms with Gasteiger partial charge in [-0.25, -0.2) is 0 Å². The van der Waals surface area contributed by atoms with Crippen LogP contribution in [-0.4, -0.2) is 34.8 Å². The second-order valence-electron chi connectivity index (χ2n) is 4.77. The van der Waals surface area contributed by atoms with E-state index in [1.54, 1.807) is 12.1 Å². The van der Waals surface area contributed by atoms with Crippen molar-refractivity contribution in [2.75, 3.05) is 6.54 Å². The van der Waals surface area contributed by atoms with Gasteiger partial charge in [0, 0.05) is 18.7 Å². The van der Waals surface area contributed by atoms with E-state index in [0.29, 0.717) is 24.2 Å². The molecule has 1 aromatic heterocycles. The monoisotopic (exact) mass is 264 g/mol. The molecule has 1 heterocycles. The summed E-state index contributed by atoms with van der Waals surface area (Å²) < 4.78 is 5.74. The Labute approximate surface area is 112 Å². The van der Waals surface area contributed by atoms with Gasteiger partial charge in [-0.05, 0) is 38.7 Å². The topological polar surface area (TPSA) is 90.1 Å². The lowest BCUT2D eigenvalue weighted by molar-refractivity contribution is 0.0948. The summed E-state index contributed by atoms with van der Waals surface area (Å²) in [6, 6.07) is 3.61. The van der Waals surface area contributed by atoms with Gasteiger partial charge in [-0.2, -0.15) is 0 Å². The van der Waals surface area contributed by atoms with Gasteiger partial charge in [-0.1, -0.05) is 0 Å². The highest BCUT2D eigenvalue weighted by Crippen LogP contribution is 2.21. The summed E-state index contributed by atoms with van der Waals surface area (Å²) in [4.78, 5) is 11.5. The fourth-order valence-corrected chi connectivity index (χ4v) is 2.13. The van der Waals surface area contributed by atoms with Crippen LogP contribution in [0.15, 0.2) is 12.1 Å². The van der Waals surface area contributed by atoms with Gasteiger partial charge in [0.2, 0.25) is 5.88 Å². The number of aromatic nitrogens is 2. The first-order valence-corrected chi connectivity index (χ1v) is 6.73. The first kappa shape index (κ1) is 13.7. The number of ether oxygens (including phenoxy) is 1. The number of nitrogens with two attached hydrogens (primary N) is 1. The van der Waals surface area contributed by atoms with E-state index in [1.807, 2.05) is 6.92 Å². The lowest BCUT2D eigenvalue weighted by Crippen LogP contribution is -2.32. The molecule has 0 bridgehead atoms. The molecule has 1 aliphatic rings. The van der Waals surface area contributed by atoms with Gasteiger partial charge in [0.25, 0.3) is 5.91 Å². The Balaban J connectivity index is 1.90. The number of hydrogen-bond donors (Lipinski definition) is 2. The highest BCUT2D eigenvalue weighted by molar-refractivity contribution is 5.91. The molecular formula is C13H20N4O2. The van der Waals surface area contributed by atoms with Crippen LogP contribution >= 0.6 is 0 Å². The highest BCUT2D eigenvalue weighted by Gasteiger charge is 2.20. The summed E-state index contributed by atoms with van der Waals surface area (Å²) in [5.74, 6) is 0.249. The van der Waals surface area contributed by atoms with E-state index in [1.165, 1.54) is 0 Å². The number of carbonyl (C=O) groups excluding carboxylic acids is 1. The van der Waals surface area contributed by atoms with Crippen molar-refractivity contribution >= 4 is 5.91 Å². The molecule has 0 saturated heterocycles. The second kappa shape index (κ2) is 6.47. The van der Waals surface area contributed by atoms with Crippen LogP contribution in [-0.2, 0) is 0 Å². The molecule has 104 valence electrons. The molecule has 6 heteroatoms. The lowest BCUT2D eigenvalue weighted by atomic mass is 9.94. The minimum Gasteiger partial charge on any atom is -0.473 e. The maximum absolute atomic E-state index is 11.5. The number of nitrogens with one attached hydrogen (secondary N) is 1. The molecule has 1 aliphatic carbocycles. The van der Waals surface area contributed by atoms with Gasteiger partial charge in [0.1, 0.15) is 6.10 Å². The van der Waals surface area contributed by atoms with Crippen LogP contribution < -0.4 is 15.8 Å². The van der Waals surface area contributed by atoms with Crippen molar-refractivity contribution in [3.05, 3.63) is 17.8 Å². The molecule has 1 saturated carbocycles. The molecule has 0 atom stereocenters. The third kappa shape index (κ3) is 3.89. The van der Waals surface area contributed by atoms with Crippen LogP contribution in [0.4, 0.5) is 0 Å². The van der Waals surface area contributed by atoms with Crippen LogP contribution in [0.5, 0.6) is 5.88 Å². The van der Waals surface area contributed by atoms with Crippen LogP contribution in [0, 0.1) is 0 Å². The summed E-state index contributed by atoms with van der Waals surface area (Å²) in [6.45, 7) is 2.43. The number of amides is 1. The molecular weight excluding hydrogens is 244 g/mol. The van der Waals surface area contributed by atoms with Crippen LogP contribution in [0.1, 0.15) is 43.1 Å². The van der Waals surface area contributed by atoms with Crippen LogP contribution in [0.2, 0.25) is 0 Å². The van der Waals surface area contributed by atoms with E-state index in [0.717, 1.165) is 25.7 Å². The summed E-state index contributed by atoms with van der Waals surface area (Å²) in [5, 5.41) is 10.5. The molecule has 6 nitrogen and oxygen atoms in total. The Kier molecular flexibility index (Phi) is 4.68. The Morgan fingerprint density at radius 2 is 2.11 bits per heavy atom. The Morgan fingerprint density at radius 1 is 1.37 bits per heavy atom. The molecule has 19 heavy (non-hydrogen) atoms. The van der Waals surface area contributed by atoms with Gasteiger partial charge >= 0.3 is 0 Å². The minimum absolute atomic E-state index is 0.157. The van der Waals surface area contributed by atoms with Gasteiger partial charge in [0.15, 0.2) is 5.69 Å². The summed E-state index contributed by atoms with van der Waals surface area (Å²) in [6.07, 6.45) is 4.01. The average molecular weight is 264 g/mol. The first-order chi connectivity index (χ1) is 9.19. The molecule has 0 unspecified atom stereocenters. The van der Waals surface area contributed by atoms with Crippen molar-refractivity contribution in [2.45, 2.75) is 44.8 Å². The molecule has 1 fully saturated rings. The predicted molar refractivity (Wildman–Crippen MR) is 70.9 cm³/mol. The van der Waals surface area contributed by atoms with Crippen molar-refractivity contribution in [3.63, 3.8) is 0 Å². The standard InChI is InChI=1S/C13H20N4O2/c1-2-15-13(18)11-7-8-12(17-16-11)19-10-5-3-9(14)4-6-10/h7-10H,2-6,14H2,1H3,(H,15,18). The summed E-state index contributed by atoms with van der Waals surface area (Å²) in [7, 11) is 0. The SMILES string of the molecule is CCNC(=O)c1ccc(OC2CCC(N)CC2)nn1. The zero-order chi connectivity index (χ0) is 13.7. The molecule has 2 rings (SSSR count). The Hall–Kier alpha value is -1.69. The van der Waals surface area contributed by atoms with Crippen molar-refractivity contribution in [2.24, 2.45) is 5.73 Å². The maximum atomic E-state index is 11.5. The normalized spacial score (nSPS) is 22.8. The zero-order valence-electron chi connectivity index (χ0n) is 11.1. The maximum Gasteiger partial charge on any atom is 0.271 e.